The normalized spacial score (nSPS) is 10.6. The van der Waals surface area contributed by atoms with E-state index in [1.165, 1.54) is 0 Å². The summed E-state index contributed by atoms with van der Waals surface area (Å²) in [4.78, 5) is 15.4. The number of aryl methyl sites for hydroxylation is 1. The molecule has 84 valence electrons. The highest BCUT2D eigenvalue weighted by Crippen LogP contribution is 1.97. The van der Waals surface area contributed by atoms with Gasteiger partial charge in [0.1, 0.15) is 0 Å². The summed E-state index contributed by atoms with van der Waals surface area (Å²) < 4.78 is 1.91. The lowest BCUT2D eigenvalue weighted by Crippen LogP contribution is -2.34. The summed E-state index contributed by atoms with van der Waals surface area (Å²) >= 11 is 0. The molecule has 1 N–H and O–H groups in total. The minimum Gasteiger partial charge on any atom is -0.353 e. The second-order valence-corrected chi connectivity index (χ2v) is 3.63. The summed E-state index contributed by atoms with van der Waals surface area (Å²) in [6.45, 7) is 4.88. The minimum atomic E-state index is 0.123. The molecule has 0 saturated heterocycles. The SMILES string of the molecule is CCC(CC)NC(=O)CCn1ccnc1. The van der Waals surface area contributed by atoms with Crippen LogP contribution in [0.25, 0.3) is 0 Å². The molecule has 1 aromatic heterocycles. The molecule has 4 heteroatoms. The van der Waals surface area contributed by atoms with Gasteiger partial charge in [0.25, 0.3) is 0 Å². The van der Waals surface area contributed by atoms with Crippen molar-refractivity contribution in [3.05, 3.63) is 18.7 Å². The Balaban J connectivity index is 2.24. The number of nitrogens with zero attached hydrogens (tertiary/aromatic N) is 2. The highest BCUT2D eigenvalue weighted by molar-refractivity contribution is 5.76. The number of nitrogens with one attached hydrogen (secondary N) is 1. The number of carbonyl (C=O) groups is 1. The molecular weight excluding hydrogens is 190 g/mol. The van der Waals surface area contributed by atoms with Gasteiger partial charge in [0, 0.05) is 31.4 Å². The molecule has 15 heavy (non-hydrogen) atoms. The molecule has 1 amide bonds. The van der Waals surface area contributed by atoms with Gasteiger partial charge in [0.15, 0.2) is 0 Å². The number of hydrogen-bond acceptors (Lipinski definition) is 2. The van der Waals surface area contributed by atoms with Crippen LogP contribution in [0, 0.1) is 0 Å². The van der Waals surface area contributed by atoms with Gasteiger partial charge < -0.3 is 9.88 Å². The van der Waals surface area contributed by atoms with Gasteiger partial charge in [0.2, 0.25) is 5.91 Å². The monoisotopic (exact) mass is 209 g/mol. The van der Waals surface area contributed by atoms with Crippen molar-refractivity contribution in [3.8, 4) is 0 Å². The molecule has 0 radical (unpaired) electrons. The van der Waals surface area contributed by atoms with E-state index in [1.807, 2.05) is 10.8 Å². The molecule has 0 aliphatic heterocycles. The zero-order valence-electron chi connectivity index (χ0n) is 9.44. The van der Waals surface area contributed by atoms with Gasteiger partial charge in [-0.2, -0.15) is 0 Å². The second kappa shape index (κ2) is 6.22. The van der Waals surface area contributed by atoms with Gasteiger partial charge >= 0.3 is 0 Å². The highest BCUT2D eigenvalue weighted by Gasteiger charge is 2.07. The quantitative estimate of drug-likeness (QED) is 0.773. The third kappa shape index (κ3) is 4.14. The van der Waals surface area contributed by atoms with Gasteiger partial charge in [-0.1, -0.05) is 13.8 Å². The van der Waals surface area contributed by atoms with Crippen molar-refractivity contribution in [2.75, 3.05) is 0 Å². The Morgan fingerprint density at radius 2 is 2.20 bits per heavy atom. The van der Waals surface area contributed by atoms with Crippen LogP contribution in [0.5, 0.6) is 0 Å². The average molecular weight is 209 g/mol. The maximum absolute atomic E-state index is 11.5. The first-order valence-electron chi connectivity index (χ1n) is 5.51. The Hall–Kier alpha value is -1.32. The molecule has 0 aliphatic carbocycles. The maximum Gasteiger partial charge on any atom is 0.222 e. The Morgan fingerprint density at radius 1 is 1.47 bits per heavy atom. The van der Waals surface area contributed by atoms with E-state index in [0.29, 0.717) is 19.0 Å². The molecule has 1 rings (SSSR count). The van der Waals surface area contributed by atoms with Crippen molar-refractivity contribution in [1.82, 2.24) is 14.9 Å². The molecule has 0 spiro atoms. The summed E-state index contributed by atoms with van der Waals surface area (Å²) in [5, 5.41) is 3.01. The van der Waals surface area contributed by atoms with Crippen LogP contribution >= 0.6 is 0 Å². The van der Waals surface area contributed by atoms with Crippen LogP contribution in [0.4, 0.5) is 0 Å². The zero-order chi connectivity index (χ0) is 11.1. The fourth-order valence-electron chi connectivity index (χ4n) is 1.44. The third-order valence-electron chi connectivity index (χ3n) is 2.51. The molecule has 0 atom stereocenters. The number of imidazole rings is 1. The lowest BCUT2D eigenvalue weighted by atomic mass is 10.1. The fraction of sp³-hybridized carbons (Fsp3) is 0.636. The molecule has 1 aromatic rings. The first-order chi connectivity index (χ1) is 7.26. The molecule has 0 aromatic carbocycles. The Kier molecular flexibility index (Phi) is 4.87. The number of carbonyl (C=O) groups excluding carboxylic acids is 1. The van der Waals surface area contributed by atoms with Crippen molar-refractivity contribution in [1.29, 1.82) is 0 Å². The maximum atomic E-state index is 11.5. The first-order valence-corrected chi connectivity index (χ1v) is 5.51. The Bertz CT molecular complexity index is 278. The fourth-order valence-corrected chi connectivity index (χ4v) is 1.44. The summed E-state index contributed by atoms with van der Waals surface area (Å²) in [6, 6.07) is 0.320. The molecule has 0 bridgehead atoms. The number of aromatic nitrogens is 2. The van der Waals surface area contributed by atoms with E-state index in [2.05, 4.69) is 24.1 Å². The number of hydrogen-bond donors (Lipinski definition) is 1. The molecule has 0 fully saturated rings. The number of rotatable bonds is 6. The van der Waals surface area contributed by atoms with Gasteiger partial charge in [-0.25, -0.2) is 4.98 Å². The molecule has 0 saturated carbocycles. The standard InChI is InChI=1S/C11H19N3O/c1-3-10(4-2)13-11(15)5-7-14-8-6-12-9-14/h6,8-10H,3-5,7H2,1-2H3,(H,13,15). The van der Waals surface area contributed by atoms with E-state index in [1.54, 1.807) is 12.5 Å². The molecule has 0 unspecified atom stereocenters. The average Bonchev–Trinajstić information content (AvgIpc) is 2.75. The summed E-state index contributed by atoms with van der Waals surface area (Å²) in [7, 11) is 0. The van der Waals surface area contributed by atoms with Crippen LogP contribution in [0.2, 0.25) is 0 Å². The highest BCUT2D eigenvalue weighted by atomic mass is 16.1. The second-order valence-electron chi connectivity index (χ2n) is 3.63. The smallest absolute Gasteiger partial charge is 0.222 e. The third-order valence-corrected chi connectivity index (χ3v) is 2.51. The lowest BCUT2D eigenvalue weighted by molar-refractivity contribution is -0.122. The van der Waals surface area contributed by atoms with Crippen LogP contribution in [-0.2, 0) is 11.3 Å². The molecule has 4 nitrogen and oxygen atoms in total. The molecule has 1 heterocycles. The van der Waals surface area contributed by atoms with Crippen LogP contribution in [-0.4, -0.2) is 21.5 Å². The van der Waals surface area contributed by atoms with Gasteiger partial charge in [-0.15, -0.1) is 0 Å². The predicted molar refractivity (Wildman–Crippen MR) is 59.4 cm³/mol. The zero-order valence-corrected chi connectivity index (χ0v) is 9.44. The molecular formula is C11H19N3O. The van der Waals surface area contributed by atoms with Crippen LogP contribution in [0.3, 0.4) is 0 Å². The van der Waals surface area contributed by atoms with E-state index >= 15 is 0 Å². The van der Waals surface area contributed by atoms with Crippen molar-refractivity contribution in [2.24, 2.45) is 0 Å². The summed E-state index contributed by atoms with van der Waals surface area (Å²) in [5.41, 5.74) is 0. The molecule has 0 aliphatic rings. The first kappa shape index (κ1) is 11.8. The Morgan fingerprint density at radius 3 is 2.73 bits per heavy atom. The van der Waals surface area contributed by atoms with Crippen molar-refractivity contribution in [2.45, 2.75) is 45.7 Å². The van der Waals surface area contributed by atoms with Crippen LogP contribution < -0.4 is 5.32 Å². The van der Waals surface area contributed by atoms with Crippen LogP contribution in [0.1, 0.15) is 33.1 Å². The predicted octanol–water partition coefficient (Wildman–Crippen LogP) is 1.58. The van der Waals surface area contributed by atoms with Crippen molar-refractivity contribution < 1.29 is 4.79 Å². The van der Waals surface area contributed by atoms with E-state index in [4.69, 9.17) is 0 Å². The van der Waals surface area contributed by atoms with Gasteiger partial charge in [-0.3, -0.25) is 4.79 Å². The lowest BCUT2D eigenvalue weighted by Gasteiger charge is -2.14. The largest absolute Gasteiger partial charge is 0.353 e. The summed E-state index contributed by atoms with van der Waals surface area (Å²) in [5.74, 6) is 0.123. The summed E-state index contributed by atoms with van der Waals surface area (Å²) in [6.07, 6.45) is 7.82. The Labute approximate surface area is 90.7 Å². The van der Waals surface area contributed by atoms with E-state index < -0.39 is 0 Å². The van der Waals surface area contributed by atoms with Crippen molar-refractivity contribution >= 4 is 5.91 Å². The topological polar surface area (TPSA) is 46.9 Å². The van der Waals surface area contributed by atoms with E-state index in [0.717, 1.165) is 12.8 Å². The van der Waals surface area contributed by atoms with Crippen molar-refractivity contribution in [3.63, 3.8) is 0 Å². The van der Waals surface area contributed by atoms with E-state index in [-0.39, 0.29) is 5.91 Å². The van der Waals surface area contributed by atoms with E-state index in [9.17, 15) is 4.79 Å². The van der Waals surface area contributed by atoms with Crippen LogP contribution in [0.15, 0.2) is 18.7 Å². The van der Waals surface area contributed by atoms with Gasteiger partial charge in [0.05, 0.1) is 6.33 Å². The van der Waals surface area contributed by atoms with Gasteiger partial charge in [-0.05, 0) is 12.8 Å². The number of amides is 1. The minimum absolute atomic E-state index is 0.123.